The van der Waals surface area contributed by atoms with Gasteiger partial charge in [0.2, 0.25) is 0 Å². The maximum atomic E-state index is 5.59. The summed E-state index contributed by atoms with van der Waals surface area (Å²) < 4.78 is 11.6. The molecule has 1 aliphatic rings. The minimum Gasteiger partial charge on any atom is -0.483 e. The highest BCUT2D eigenvalue weighted by Crippen LogP contribution is 2.38. The van der Waals surface area contributed by atoms with Crippen LogP contribution in [0.5, 0.6) is 5.75 Å². The first-order valence-corrected chi connectivity index (χ1v) is 6.32. The van der Waals surface area contributed by atoms with E-state index in [1.165, 1.54) is 12.8 Å². The summed E-state index contributed by atoms with van der Waals surface area (Å²) >= 11 is 3.42. The van der Waals surface area contributed by atoms with Gasteiger partial charge in [-0.05, 0) is 40.9 Å². The van der Waals surface area contributed by atoms with E-state index in [1.54, 1.807) is 0 Å². The van der Waals surface area contributed by atoms with E-state index in [9.17, 15) is 0 Å². The highest BCUT2D eigenvalue weighted by atomic mass is 79.9. The first-order chi connectivity index (χ1) is 8.33. The lowest BCUT2D eigenvalue weighted by Crippen LogP contribution is -1.96. The lowest BCUT2D eigenvalue weighted by atomic mass is 10.3. The molecule has 1 fully saturated rings. The van der Waals surface area contributed by atoms with Gasteiger partial charge in [0.15, 0.2) is 12.4 Å². The molecule has 0 spiro atoms. The molecule has 1 aliphatic carbocycles. The van der Waals surface area contributed by atoms with E-state index in [4.69, 9.17) is 9.26 Å². The molecule has 3 rings (SSSR count). The van der Waals surface area contributed by atoms with E-state index < -0.39 is 0 Å². The van der Waals surface area contributed by atoms with Gasteiger partial charge in [-0.2, -0.15) is 4.98 Å². The zero-order chi connectivity index (χ0) is 11.7. The molecule has 0 bridgehead atoms. The number of benzene rings is 1. The van der Waals surface area contributed by atoms with Crippen molar-refractivity contribution in [3.05, 3.63) is 40.5 Å². The second kappa shape index (κ2) is 4.49. The van der Waals surface area contributed by atoms with Crippen LogP contribution in [0.1, 0.15) is 30.5 Å². The molecular weight excluding hydrogens is 284 g/mol. The molecule has 1 aromatic heterocycles. The maximum Gasteiger partial charge on any atom is 0.264 e. The van der Waals surface area contributed by atoms with Gasteiger partial charge in [0.25, 0.3) is 5.89 Å². The molecule has 1 aromatic carbocycles. The van der Waals surface area contributed by atoms with Crippen LogP contribution in [0.3, 0.4) is 0 Å². The van der Waals surface area contributed by atoms with Gasteiger partial charge >= 0.3 is 0 Å². The molecule has 0 unspecified atom stereocenters. The molecule has 1 saturated carbocycles. The van der Waals surface area contributed by atoms with Crippen LogP contribution in [0, 0.1) is 0 Å². The first-order valence-electron chi connectivity index (χ1n) is 5.53. The van der Waals surface area contributed by atoms with Crippen molar-refractivity contribution >= 4 is 15.9 Å². The summed E-state index contributed by atoms with van der Waals surface area (Å²) in [5, 5.41) is 3.94. The van der Waals surface area contributed by atoms with Crippen molar-refractivity contribution in [2.75, 3.05) is 0 Å². The zero-order valence-electron chi connectivity index (χ0n) is 9.10. The molecule has 2 aromatic rings. The minimum atomic E-state index is 0.308. The third kappa shape index (κ3) is 2.49. The maximum absolute atomic E-state index is 5.59. The fourth-order valence-electron chi connectivity index (χ4n) is 1.54. The summed E-state index contributed by atoms with van der Waals surface area (Å²) in [5.41, 5.74) is 0. The molecule has 17 heavy (non-hydrogen) atoms. The number of ether oxygens (including phenoxy) is 1. The molecule has 0 radical (unpaired) electrons. The van der Waals surface area contributed by atoms with Gasteiger partial charge in [-0.25, -0.2) is 0 Å². The molecular formula is C12H11BrN2O2. The monoisotopic (exact) mass is 294 g/mol. The Morgan fingerprint density at radius 1 is 1.35 bits per heavy atom. The topological polar surface area (TPSA) is 48.2 Å². The van der Waals surface area contributed by atoms with Gasteiger partial charge < -0.3 is 9.26 Å². The van der Waals surface area contributed by atoms with Crippen LogP contribution in [0.4, 0.5) is 0 Å². The molecule has 0 N–H and O–H groups in total. The van der Waals surface area contributed by atoms with Crippen LogP contribution < -0.4 is 4.74 Å². The molecule has 4 nitrogen and oxygen atoms in total. The Balaban J connectivity index is 1.65. The van der Waals surface area contributed by atoms with Crippen molar-refractivity contribution in [3.8, 4) is 5.75 Å². The lowest BCUT2D eigenvalue weighted by molar-refractivity contribution is 0.241. The Kier molecular flexibility index (Phi) is 2.84. The van der Waals surface area contributed by atoms with Crippen molar-refractivity contribution in [2.45, 2.75) is 25.4 Å². The summed E-state index contributed by atoms with van der Waals surface area (Å²) in [7, 11) is 0. The number of rotatable bonds is 4. The van der Waals surface area contributed by atoms with Crippen molar-refractivity contribution in [2.24, 2.45) is 0 Å². The molecule has 0 amide bonds. The molecule has 0 aliphatic heterocycles. The van der Waals surface area contributed by atoms with Crippen molar-refractivity contribution in [1.82, 2.24) is 10.1 Å². The second-order valence-corrected chi connectivity index (χ2v) is 4.89. The molecule has 0 atom stereocenters. The van der Waals surface area contributed by atoms with E-state index in [0.29, 0.717) is 18.4 Å². The van der Waals surface area contributed by atoms with Gasteiger partial charge in [0.05, 0.1) is 4.47 Å². The van der Waals surface area contributed by atoms with Crippen LogP contribution in [-0.4, -0.2) is 10.1 Å². The number of hydrogen-bond acceptors (Lipinski definition) is 4. The number of aromatic nitrogens is 2. The Bertz CT molecular complexity index is 523. The van der Waals surface area contributed by atoms with E-state index in [1.807, 2.05) is 24.3 Å². The normalized spacial score (nSPS) is 14.9. The third-order valence-corrected chi connectivity index (χ3v) is 3.27. The Morgan fingerprint density at radius 2 is 2.18 bits per heavy atom. The van der Waals surface area contributed by atoms with E-state index in [-0.39, 0.29) is 0 Å². The quantitative estimate of drug-likeness (QED) is 0.868. The number of hydrogen-bond donors (Lipinski definition) is 0. The van der Waals surface area contributed by atoms with E-state index in [0.717, 1.165) is 16.0 Å². The van der Waals surface area contributed by atoms with E-state index in [2.05, 4.69) is 26.1 Å². The van der Waals surface area contributed by atoms with Gasteiger partial charge in [0.1, 0.15) is 5.75 Å². The Hall–Kier alpha value is -1.36. The number of nitrogens with zero attached hydrogens (tertiary/aromatic N) is 2. The van der Waals surface area contributed by atoms with E-state index >= 15 is 0 Å². The SMILES string of the molecule is Brc1ccccc1OCc1nc(C2CC2)no1. The predicted octanol–water partition coefficient (Wildman–Crippen LogP) is 3.29. The summed E-state index contributed by atoms with van der Waals surface area (Å²) in [4.78, 5) is 4.30. The van der Waals surface area contributed by atoms with Crippen molar-refractivity contribution < 1.29 is 9.26 Å². The fraction of sp³-hybridized carbons (Fsp3) is 0.333. The average molecular weight is 295 g/mol. The predicted molar refractivity (Wildman–Crippen MR) is 64.7 cm³/mol. The van der Waals surface area contributed by atoms with Crippen LogP contribution in [0.25, 0.3) is 0 Å². The summed E-state index contributed by atoms with van der Waals surface area (Å²) in [6.07, 6.45) is 2.34. The molecule has 0 saturated heterocycles. The average Bonchev–Trinajstić information content (AvgIpc) is 3.08. The summed E-state index contributed by atoms with van der Waals surface area (Å²) in [6, 6.07) is 7.68. The summed E-state index contributed by atoms with van der Waals surface area (Å²) in [6.45, 7) is 0.308. The van der Waals surface area contributed by atoms with Crippen LogP contribution in [0.15, 0.2) is 33.3 Å². The largest absolute Gasteiger partial charge is 0.483 e. The lowest BCUT2D eigenvalue weighted by Gasteiger charge is -2.04. The highest BCUT2D eigenvalue weighted by molar-refractivity contribution is 9.10. The van der Waals surface area contributed by atoms with Crippen molar-refractivity contribution in [1.29, 1.82) is 0 Å². The van der Waals surface area contributed by atoms with Gasteiger partial charge in [0, 0.05) is 5.92 Å². The molecule has 5 heteroatoms. The van der Waals surface area contributed by atoms with Crippen LogP contribution in [-0.2, 0) is 6.61 Å². The highest BCUT2D eigenvalue weighted by Gasteiger charge is 2.28. The summed E-state index contributed by atoms with van der Waals surface area (Å²) in [5.74, 6) is 2.63. The van der Waals surface area contributed by atoms with Crippen LogP contribution >= 0.6 is 15.9 Å². The minimum absolute atomic E-state index is 0.308. The van der Waals surface area contributed by atoms with Gasteiger partial charge in [-0.15, -0.1) is 0 Å². The second-order valence-electron chi connectivity index (χ2n) is 4.04. The zero-order valence-corrected chi connectivity index (χ0v) is 10.7. The smallest absolute Gasteiger partial charge is 0.264 e. The fourth-order valence-corrected chi connectivity index (χ4v) is 1.93. The van der Waals surface area contributed by atoms with Gasteiger partial charge in [-0.1, -0.05) is 17.3 Å². The Morgan fingerprint density at radius 3 is 2.94 bits per heavy atom. The molecule has 88 valence electrons. The standard InChI is InChI=1S/C12H11BrN2O2/c13-9-3-1-2-4-10(9)16-7-11-14-12(15-17-11)8-5-6-8/h1-4,8H,5-7H2. The van der Waals surface area contributed by atoms with Crippen molar-refractivity contribution in [3.63, 3.8) is 0 Å². The third-order valence-electron chi connectivity index (χ3n) is 2.61. The first kappa shape index (κ1) is 10.8. The Labute approximate surface area is 107 Å². The number of halogens is 1. The van der Waals surface area contributed by atoms with Gasteiger partial charge in [-0.3, -0.25) is 0 Å². The van der Waals surface area contributed by atoms with Crippen LogP contribution in [0.2, 0.25) is 0 Å². The number of para-hydroxylation sites is 1. The molecule has 1 heterocycles.